The minimum Gasteiger partial charge on any atom is -0.478 e. The smallest absolute Gasteiger partial charge is 0.407 e. The molecule has 0 aliphatic heterocycles. The van der Waals surface area contributed by atoms with E-state index in [4.69, 9.17) is 21.1 Å². The first-order chi connectivity index (χ1) is 25.8. The predicted molar refractivity (Wildman–Crippen MR) is 210 cm³/mol. The Morgan fingerprint density at radius 3 is 2.24 bits per heavy atom. The molecule has 5 rings (SSSR count). The molecule has 1 saturated carbocycles. The van der Waals surface area contributed by atoms with Crippen molar-refractivity contribution in [2.45, 2.75) is 71.3 Å². The fourth-order valence-corrected chi connectivity index (χ4v) is 6.65. The molecule has 1 atom stereocenters. The van der Waals surface area contributed by atoms with Gasteiger partial charge in [-0.1, -0.05) is 24.3 Å². The van der Waals surface area contributed by atoms with Crippen LogP contribution in [0.15, 0.2) is 66.9 Å². The molecule has 3 N–H and O–H groups in total. The van der Waals surface area contributed by atoms with Gasteiger partial charge < -0.3 is 25.0 Å². The van der Waals surface area contributed by atoms with Gasteiger partial charge in [0.15, 0.2) is 5.82 Å². The van der Waals surface area contributed by atoms with Gasteiger partial charge in [0.1, 0.15) is 11.4 Å². The molecule has 2 amide bonds. The van der Waals surface area contributed by atoms with Crippen LogP contribution < -0.4 is 15.4 Å². The summed E-state index contributed by atoms with van der Waals surface area (Å²) in [4.78, 5) is 50.5. The second-order valence-corrected chi connectivity index (χ2v) is 15.6. The minimum atomic E-state index is -0.577. The van der Waals surface area contributed by atoms with Gasteiger partial charge in [-0.2, -0.15) is 10.1 Å². The van der Waals surface area contributed by atoms with Gasteiger partial charge in [0, 0.05) is 60.4 Å². The molecule has 0 saturated heterocycles. The highest BCUT2D eigenvalue weighted by Crippen LogP contribution is 2.32. The summed E-state index contributed by atoms with van der Waals surface area (Å²) in [5, 5.41) is 12.8. The van der Waals surface area contributed by atoms with Gasteiger partial charge in [-0.25, -0.2) is 14.9 Å². The molecule has 0 bridgehead atoms. The van der Waals surface area contributed by atoms with Gasteiger partial charge in [-0.15, -0.1) is 0 Å². The molecule has 2 heterocycles. The number of amides is 2. The second-order valence-electron chi connectivity index (χ2n) is 15.3. The Morgan fingerprint density at radius 1 is 0.944 bits per heavy atom. The lowest BCUT2D eigenvalue weighted by Gasteiger charge is -2.29. The van der Waals surface area contributed by atoms with E-state index in [9.17, 15) is 14.4 Å². The van der Waals surface area contributed by atoms with E-state index in [1.807, 2.05) is 83.4 Å². The van der Waals surface area contributed by atoms with Crippen LogP contribution in [0.5, 0.6) is 5.88 Å². The Hall–Kier alpha value is -4.81. The first-order valence-electron chi connectivity index (χ1n) is 18.6. The SMILES string of the molecule is CN(C)CCCOc1ccc(-c2ccc(C[C@H](CC(=O)C3CCC(CNC(=O)OC(C)(C)C)CC3)C(=O)Nc3ccc(-c4n[nH]c(Cl)n4)cc3)cc2)cn1. The number of aromatic amines is 1. The molecule has 13 heteroatoms. The molecule has 1 aliphatic rings. The number of ketones is 1. The number of alkyl carbamates (subject to hydrolysis) is 1. The Labute approximate surface area is 322 Å². The van der Waals surface area contributed by atoms with Crippen molar-refractivity contribution in [2.24, 2.45) is 17.8 Å². The highest BCUT2D eigenvalue weighted by atomic mass is 35.5. The average molecular weight is 758 g/mol. The van der Waals surface area contributed by atoms with Gasteiger partial charge in [0.2, 0.25) is 17.1 Å². The van der Waals surface area contributed by atoms with Gasteiger partial charge in [0.25, 0.3) is 0 Å². The lowest BCUT2D eigenvalue weighted by atomic mass is 9.77. The number of nitrogens with zero attached hydrogens (tertiary/aromatic N) is 4. The molecule has 1 aliphatic carbocycles. The third-order valence-electron chi connectivity index (χ3n) is 9.43. The number of Topliss-reactive ketones (excluding diaryl/α,β-unsaturated/α-hetero) is 1. The Morgan fingerprint density at radius 2 is 1.63 bits per heavy atom. The minimum absolute atomic E-state index is 0.0947. The molecule has 2 aromatic heterocycles. The van der Waals surface area contributed by atoms with Crippen molar-refractivity contribution < 1.29 is 23.9 Å². The van der Waals surface area contributed by atoms with E-state index >= 15 is 0 Å². The number of hydrogen-bond donors (Lipinski definition) is 3. The summed E-state index contributed by atoms with van der Waals surface area (Å²) in [6.45, 7) is 7.58. The fourth-order valence-electron chi connectivity index (χ4n) is 6.53. The Kier molecular flexibility index (Phi) is 14.2. The zero-order valence-electron chi connectivity index (χ0n) is 31.9. The molecule has 0 spiro atoms. The lowest BCUT2D eigenvalue weighted by Crippen LogP contribution is -2.37. The lowest BCUT2D eigenvalue weighted by molar-refractivity contribution is -0.129. The second kappa shape index (κ2) is 19.0. The van der Waals surface area contributed by atoms with Crippen molar-refractivity contribution in [3.8, 4) is 28.4 Å². The van der Waals surface area contributed by atoms with Crippen molar-refractivity contribution in [1.82, 2.24) is 30.4 Å². The molecular weight excluding hydrogens is 706 g/mol. The molecule has 12 nitrogen and oxygen atoms in total. The van der Waals surface area contributed by atoms with Crippen LogP contribution in [0.1, 0.15) is 64.9 Å². The number of aromatic nitrogens is 4. The number of carbonyl (C=O) groups excluding carboxylic acids is 3. The highest BCUT2D eigenvalue weighted by Gasteiger charge is 2.31. The maximum absolute atomic E-state index is 13.9. The summed E-state index contributed by atoms with van der Waals surface area (Å²) in [7, 11) is 4.07. The number of hydrogen-bond acceptors (Lipinski definition) is 9. The third-order valence-corrected chi connectivity index (χ3v) is 9.60. The zero-order valence-corrected chi connectivity index (χ0v) is 32.6. The van der Waals surface area contributed by atoms with Crippen LogP contribution in [0.2, 0.25) is 5.28 Å². The summed E-state index contributed by atoms with van der Waals surface area (Å²) in [6.07, 6.45) is 5.93. The monoisotopic (exact) mass is 757 g/mol. The summed E-state index contributed by atoms with van der Waals surface area (Å²) in [5.41, 5.74) is 3.70. The number of rotatable bonds is 16. The van der Waals surface area contributed by atoms with Crippen LogP contribution in [0.4, 0.5) is 10.5 Å². The van der Waals surface area contributed by atoms with Crippen molar-refractivity contribution in [2.75, 3.05) is 39.1 Å². The fraction of sp³-hybridized carbons (Fsp3) is 0.463. The largest absolute Gasteiger partial charge is 0.478 e. The Balaban J connectivity index is 1.21. The van der Waals surface area contributed by atoms with Crippen LogP contribution in [-0.2, 0) is 20.7 Å². The maximum Gasteiger partial charge on any atom is 0.407 e. The number of halogens is 1. The van der Waals surface area contributed by atoms with Gasteiger partial charge >= 0.3 is 6.09 Å². The summed E-state index contributed by atoms with van der Waals surface area (Å²) < 4.78 is 11.1. The van der Waals surface area contributed by atoms with Gasteiger partial charge in [-0.05, 0) is 132 Å². The van der Waals surface area contributed by atoms with Gasteiger partial charge in [0.05, 0.1) is 6.61 Å². The molecule has 0 radical (unpaired) electrons. The van der Waals surface area contributed by atoms with Crippen LogP contribution in [0, 0.1) is 17.8 Å². The van der Waals surface area contributed by atoms with Crippen LogP contribution in [-0.4, -0.2) is 82.2 Å². The third kappa shape index (κ3) is 12.7. The zero-order chi connectivity index (χ0) is 38.7. The van der Waals surface area contributed by atoms with Crippen molar-refractivity contribution in [3.63, 3.8) is 0 Å². The first-order valence-corrected chi connectivity index (χ1v) is 19.0. The standard InChI is InChI=1S/C41H52ClN7O5/c1-41(2,3)54-40(52)44-25-28-9-13-30(14-10-28)35(50)24-33(38(51)45-34-18-15-31(16-19-34)37-46-39(42)48-47-37)23-27-7-11-29(12-8-27)32-17-20-36(43-26-32)53-22-6-21-49(4)5/h7-8,11-12,15-20,26,28,30,33H,6,9-10,13-14,21-25H2,1-5H3,(H,44,52)(H,45,51)(H,46,47,48)/t28?,30?,33-/m1/s1. The first kappa shape index (κ1) is 40.4. The van der Waals surface area contributed by atoms with Crippen LogP contribution in [0.25, 0.3) is 22.5 Å². The summed E-state index contributed by atoms with van der Waals surface area (Å²) in [6, 6.07) is 19.1. The number of ether oxygens (including phenoxy) is 2. The number of H-pyrrole nitrogens is 1. The molecule has 288 valence electrons. The molecule has 4 aromatic rings. The topological polar surface area (TPSA) is 151 Å². The number of carbonyl (C=O) groups is 3. The van der Waals surface area contributed by atoms with Crippen molar-refractivity contribution in [1.29, 1.82) is 0 Å². The van der Waals surface area contributed by atoms with E-state index in [2.05, 4.69) is 35.7 Å². The van der Waals surface area contributed by atoms with E-state index in [0.29, 0.717) is 37.0 Å². The van der Waals surface area contributed by atoms with E-state index in [0.717, 1.165) is 60.9 Å². The number of anilines is 1. The summed E-state index contributed by atoms with van der Waals surface area (Å²) in [5.74, 6) is 0.499. The molecular formula is C41H52ClN7O5. The van der Waals surface area contributed by atoms with Crippen molar-refractivity contribution >= 4 is 35.1 Å². The summed E-state index contributed by atoms with van der Waals surface area (Å²) >= 11 is 5.89. The van der Waals surface area contributed by atoms with Crippen LogP contribution >= 0.6 is 11.6 Å². The molecule has 1 fully saturated rings. The molecule has 2 aromatic carbocycles. The number of pyridine rings is 1. The predicted octanol–water partition coefficient (Wildman–Crippen LogP) is 7.61. The van der Waals surface area contributed by atoms with E-state index in [1.165, 1.54) is 0 Å². The molecule has 54 heavy (non-hydrogen) atoms. The van der Waals surface area contributed by atoms with E-state index < -0.39 is 17.6 Å². The van der Waals surface area contributed by atoms with Crippen LogP contribution in [0.3, 0.4) is 0 Å². The van der Waals surface area contributed by atoms with Gasteiger partial charge in [-0.3, -0.25) is 9.59 Å². The Bertz CT molecular complexity index is 1810. The maximum atomic E-state index is 13.9. The highest BCUT2D eigenvalue weighted by molar-refractivity contribution is 6.28. The molecule has 0 unspecified atom stereocenters. The van der Waals surface area contributed by atoms with E-state index in [1.54, 1.807) is 18.3 Å². The van der Waals surface area contributed by atoms with Crippen molar-refractivity contribution in [3.05, 3.63) is 77.7 Å². The number of benzene rings is 2. The average Bonchev–Trinajstić information content (AvgIpc) is 3.58. The number of nitrogens with one attached hydrogen (secondary N) is 3. The quantitative estimate of drug-likeness (QED) is 0.0982. The normalized spacial score (nSPS) is 16.4. The van der Waals surface area contributed by atoms with E-state index in [-0.39, 0.29) is 35.2 Å².